The van der Waals surface area contributed by atoms with Gasteiger partial charge in [-0.25, -0.2) is 14.3 Å². The lowest BCUT2D eigenvalue weighted by Crippen LogP contribution is -2.42. The van der Waals surface area contributed by atoms with Crippen molar-refractivity contribution in [3.63, 3.8) is 0 Å². The van der Waals surface area contributed by atoms with Crippen LogP contribution in [0.3, 0.4) is 0 Å². The Kier molecular flexibility index (Phi) is 6.36. The minimum atomic E-state index is -3.88. The van der Waals surface area contributed by atoms with Gasteiger partial charge in [-0.05, 0) is 42.0 Å². The van der Waals surface area contributed by atoms with Crippen LogP contribution in [-0.2, 0) is 21.4 Å². The van der Waals surface area contributed by atoms with E-state index in [1.165, 1.54) is 24.3 Å². The van der Waals surface area contributed by atoms with E-state index in [0.29, 0.717) is 5.02 Å². The van der Waals surface area contributed by atoms with Crippen LogP contribution in [-0.4, -0.2) is 25.2 Å². The second kappa shape index (κ2) is 8.09. The van der Waals surface area contributed by atoms with Gasteiger partial charge in [0.25, 0.3) is 0 Å². The number of hydrazine groups is 1. The zero-order chi connectivity index (χ0) is 17.7. The molecule has 24 heavy (non-hydrogen) atoms. The molecule has 0 bridgehead atoms. The summed E-state index contributed by atoms with van der Waals surface area (Å²) in [5, 5.41) is 0.424. The van der Waals surface area contributed by atoms with E-state index >= 15 is 0 Å². The smallest absolute Gasteiger partial charge is 0.249 e. The van der Waals surface area contributed by atoms with Crippen molar-refractivity contribution < 1.29 is 13.2 Å². The SMILES string of the molecule is NNC(=O)CN(Cc1ccc(Br)cc1)S(=O)(=O)c1ccc(Cl)cc1. The average molecular weight is 433 g/mol. The Labute approximate surface area is 153 Å². The minimum absolute atomic E-state index is 0.0334. The van der Waals surface area contributed by atoms with Crippen molar-refractivity contribution in [3.05, 3.63) is 63.6 Å². The first-order chi connectivity index (χ1) is 11.3. The summed E-state index contributed by atoms with van der Waals surface area (Å²) in [5.74, 6) is 4.48. The first-order valence-corrected chi connectivity index (χ1v) is 9.43. The van der Waals surface area contributed by atoms with E-state index in [-0.39, 0.29) is 11.4 Å². The first-order valence-electron chi connectivity index (χ1n) is 6.82. The van der Waals surface area contributed by atoms with Crippen LogP contribution in [0.4, 0.5) is 0 Å². The van der Waals surface area contributed by atoms with Crippen molar-refractivity contribution >= 4 is 43.5 Å². The van der Waals surface area contributed by atoms with Crippen molar-refractivity contribution in [1.82, 2.24) is 9.73 Å². The molecule has 0 aliphatic heterocycles. The summed E-state index contributed by atoms with van der Waals surface area (Å²) in [7, 11) is -3.88. The summed E-state index contributed by atoms with van der Waals surface area (Å²) in [6.07, 6.45) is 0. The maximum absolute atomic E-state index is 12.8. The monoisotopic (exact) mass is 431 g/mol. The molecule has 9 heteroatoms. The van der Waals surface area contributed by atoms with Gasteiger partial charge in [-0.2, -0.15) is 4.31 Å². The molecule has 0 radical (unpaired) electrons. The maximum Gasteiger partial charge on any atom is 0.249 e. The van der Waals surface area contributed by atoms with Crippen LogP contribution in [0.5, 0.6) is 0 Å². The van der Waals surface area contributed by atoms with Crippen LogP contribution in [0.2, 0.25) is 5.02 Å². The van der Waals surface area contributed by atoms with Gasteiger partial charge in [-0.1, -0.05) is 39.7 Å². The van der Waals surface area contributed by atoms with Crippen LogP contribution in [0.1, 0.15) is 5.56 Å². The van der Waals surface area contributed by atoms with E-state index in [2.05, 4.69) is 15.9 Å². The number of amides is 1. The number of carbonyl (C=O) groups excluding carboxylic acids is 1. The highest BCUT2D eigenvalue weighted by molar-refractivity contribution is 9.10. The fraction of sp³-hybridized carbons (Fsp3) is 0.133. The van der Waals surface area contributed by atoms with Crippen LogP contribution >= 0.6 is 27.5 Å². The number of hydrogen-bond acceptors (Lipinski definition) is 4. The van der Waals surface area contributed by atoms with Gasteiger partial charge in [0.05, 0.1) is 11.4 Å². The molecule has 2 aromatic rings. The number of hydrogen-bond donors (Lipinski definition) is 2. The molecule has 0 fully saturated rings. The molecule has 0 saturated heterocycles. The summed E-state index contributed by atoms with van der Waals surface area (Å²) < 4.78 is 27.6. The predicted molar refractivity (Wildman–Crippen MR) is 95.5 cm³/mol. The van der Waals surface area contributed by atoms with Crippen molar-refractivity contribution in [2.24, 2.45) is 5.84 Å². The van der Waals surface area contributed by atoms with E-state index < -0.39 is 22.5 Å². The van der Waals surface area contributed by atoms with E-state index in [1.807, 2.05) is 5.43 Å². The molecule has 2 aromatic carbocycles. The van der Waals surface area contributed by atoms with Gasteiger partial charge in [0, 0.05) is 16.0 Å². The summed E-state index contributed by atoms with van der Waals surface area (Å²) >= 11 is 9.12. The number of sulfonamides is 1. The Balaban J connectivity index is 2.35. The normalized spacial score (nSPS) is 11.5. The summed E-state index contributed by atoms with van der Waals surface area (Å²) in [6, 6.07) is 12.9. The van der Waals surface area contributed by atoms with Gasteiger partial charge in [-0.3, -0.25) is 10.2 Å². The number of nitrogens with one attached hydrogen (secondary N) is 1. The Hall–Kier alpha value is -1.45. The zero-order valence-corrected chi connectivity index (χ0v) is 15.6. The number of rotatable bonds is 6. The first kappa shape index (κ1) is 18.9. The second-order valence-corrected chi connectivity index (χ2v) is 8.21. The maximum atomic E-state index is 12.8. The Morgan fingerprint density at radius 3 is 2.25 bits per heavy atom. The van der Waals surface area contributed by atoms with Gasteiger partial charge in [0.15, 0.2) is 0 Å². The van der Waals surface area contributed by atoms with Crippen molar-refractivity contribution in [3.8, 4) is 0 Å². The van der Waals surface area contributed by atoms with Crippen LogP contribution < -0.4 is 11.3 Å². The fourth-order valence-corrected chi connectivity index (χ4v) is 3.76. The van der Waals surface area contributed by atoms with Crippen molar-refractivity contribution in [2.45, 2.75) is 11.4 Å². The van der Waals surface area contributed by atoms with Crippen LogP contribution in [0.25, 0.3) is 0 Å². The molecule has 0 spiro atoms. The van der Waals surface area contributed by atoms with Crippen LogP contribution in [0, 0.1) is 0 Å². The largest absolute Gasteiger partial charge is 0.293 e. The molecule has 0 aliphatic rings. The number of nitrogens with zero attached hydrogens (tertiary/aromatic N) is 1. The zero-order valence-electron chi connectivity index (χ0n) is 12.4. The molecule has 0 heterocycles. The molecular weight excluding hydrogens is 418 g/mol. The third kappa shape index (κ3) is 4.78. The van der Waals surface area contributed by atoms with E-state index in [0.717, 1.165) is 14.3 Å². The highest BCUT2D eigenvalue weighted by atomic mass is 79.9. The molecule has 0 unspecified atom stereocenters. The third-order valence-corrected chi connectivity index (χ3v) is 5.79. The topological polar surface area (TPSA) is 92.5 Å². The summed E-state index contributed by atoms with van der Waals surface area (Å²) in [5.41, 5.74) is 2.69. The quantitative estimate of drug-likeness (QED) is 0.416. The van der Waals surface area contributed by atoms with E-state index in [1.54, 1.807) is 24.3 Å². The van der Waals surface area contributed by atoms with Gasteiger partial charge in [0.2, 0.25) is 15.9 Å². The molecule has 3 N–H and O–H groups in total. The molecule has 0 aliphatic carbocycles. The number of carbonyl (C=O) groups is 1. The van der Waals surface area contributed by atoms with Gasteiger partial charge in [-0.15, -0.1) is 0 Å². The molecular formula is C15H15BrClN3O3S. The Morgan fingerprint density at radius 1 is 1.12 bits per heavy atom. The predicted octanol–water partition coefficient (Wildman–Crippen LogP) is 2.28. The number of benzene rings is 2. The van der Waals surface area contributed by atoms with Gasteiger partial charge < -0.3 is 0 Å². The Bertz CT molecular complexity index is 811. The van der Waals surface area contributed by atoms with E-state index in [4.69, 9.17) is 17.4 Å². The van der Waals surface area contributed by atoms with Crippen LogP contribution in [0.15, 0.2) is 57.9 Å². The third-order valence-electron chi connectivity index (χ3n) is 3.20. The average Bonchev–Trinajstić information content (AvgIpc) is 2.56. The second-order valence-electron chi connectivity index (χ2n) is 4.92. The molecule has 6 nitrogen and oxygen atoms in total. The number of halogens is 2. The lowest BCUT2D eigenvalue weighted by Gasteiger charge is -2.21. The standard InChI is InChI=1S/C15H15BrClN3O3S/c16-12-3-1-11(2-4-12)9-20(10-15(21)19-18)24(22,23)14-7-5-13(17)6-8-14/h1-8H,9-10,18H2,(H,19,21). The van der Waals surface area contributed by atoms with E-state index in [9.17, 15) is 13.2 Å². The summed E-state index contributed by atoms with van der Waals surface area (Å²) in [6.45, 7) is -0.358. The Morgan fingerprint density at radius 2 is 1.71 bits per heavy atom. The lowest BCUT2D eigenvalue weighted by atomic mass is 10.2. The van der Waals surface area contributed by atoms with Gasteiger partial charge >= 0.3 is 0 Å². The number of nitrogens with two attached hydrogens (primary N) is 1. The molecule has 0 atom stereocenters. The summed E-state index contributed by atoms with van der Waals surface area (Å²) in [4.78, 5) is 11.7. The molecule has 0 aromatic heterocycles. The molecule has 0 saturated carbocycles. The fourth-order valence-electron chi connectivity index (χ4n) is 1.98. The molecule has 2 rings (SSSR count). The van der Waals surface area contributed by atoms with Crippen molar-refractivity contribution in [2.75, 3.05) is 6.54 Å². The molecule has 1 amide bonds. The highest BCUT2D eigenvalue weighted by Crippen LogP contribution is 2.21. The minimum Gasteiger partial charge on any atom is -0.293 e. The van der Waals surface area contributed by atoms with Crippen molar-refractivity contribution in [1.29, 1.82) is 0 Å². The molecule has 128 valence electrons. The van der Waals surface area contributed by atoms with Gasteiger partial charge in [0.1, 0.15) is 0 Å². The highest BCUT2D eigenvalue weighted by Gasteiger charge is 2.26. The lowest BCUT2D eigenvalue weighted by molar-refractivity contribution is -0.121.